The van der Waals surface area contributed by atoms with E-state index in [9.17, 15) is 23.7 Å². The summed E-state index contributed by atoms with van der Waals surface area (Å²) in [4.78, 5) is 66.6. The molecule has 3 atom stereocenters. The minimum atomic E-state index is -1.77. The third-order valence-corrected chi connectivity index (χ3v) is 16.1. The first-order valence-electron chi connectivity index (χ1n) is 20.9. The molecule has 67 heavy (non-hydrogen) atoms. The van der Waals surface area contributed by atoms with Crippen molar-refractivity contribution in [1.82, 2.24) is 15.2 Å². The zero-order valence-electron chi connectivity index (χ0n) is 36.0. The van der Waals surface area contributed by atoms with Crippen molar-refractivity contribution in [1.29, 1.82) is 0 Å². The fraction of sp³-hybridized carbons (Fsp3) is 0.160. The summed E-state index contributed by atoms with van der Waals surface area (Å²) < 4.78 is 26.7. The Morgan fingerprint density at radius 3 is 2.13 bits per heavy atom. The third kappa shape index (κ3) is 9.20. The molecule has 9 rings (SSSR count). The number of β-lactam (4-membered cyclic amide) rings is 1. The molecule has 2 unspecified atom stereocenters. The molecule has 17 heteroatoms. The summed E-state index contributed by atoms with van der Waals surface area (Å²) in [6.07, 6.45) is 0. The van der Waals surface area contributed by atoms with Crippen LogP contribution in [0.5, 0.6) is 5.75 Å². The first kappa shape index (κ1) is 45.4. The number of methoxy groups -OCH3 is 1. The van der Waals surface area contributed by atoms with Gasteiger partial charge in [0.25, 0.3) is 11.8 Å². The number of thiazole rings is 1. The van der Waals surface area contributed by atoms with E-state index in [-0.39, 0.29) is 40.6 Å². The van der Waals surface area contributed by atoms with Gasteiger partial charge in [-0.1, -0.05) is 120 Å². The van der Waals surface area contributed by atoms with Gasteiger partial charge in [-0.05, 0) is 57.7 Å². The van der Waals surface area contributed by atoms with Gasteiger partial charge in [-0.25, -0.2) is 9.78 Å². The predicted octanol–water partition coefficient (Wildman–Crippen LogP) is 7.69. The molecule has 0 saturated carbocycles. The summed E-state index contributed by atoms with van der Waals surface area (Å²) in [5.41, 5.74) is 2.80. The van der Waals surface area contributed by atoms with Crippen molar-refractivity contribution in [3.05, 3.63) is 200 Å². The summed E-state index contributed by atoms with van der Waals surface area (Å²) in [7, 11) is 2.84. The van der Waals surface area contributed by atoms with Crippen LogP contribution < -0.4 is 20.8 Å². The van der Waals surface area contributed by atoms with Crippen LogP contribution in [-0.4, -0.2) is 75.1 Å². The van der Waals surface area contributed by atoms with E-state index in [0.717, 1.165) is 26.3 Å². The maximum Gasteiger partial charge on any atom is 0.355 e. The van der Waals surface area contributed by atoms with Gasteiger partial charge in [-0.2, -0.15) is 0 Å². The highest BCUT2D eigenvalue weighted by Gasteiger charge is 2.61. The molecule has 2 aliphatic rings. The molecule has 0 aliphatic carbocycles. The van der Waals surface area contributed by atoms with Gasteiger partial charge in [0.15, 0.2) is 22.3 Å². The highest BCUT2D eigenvalue weighted by atomic mass is 32.2. The number of oxime groups is 1. The smallest absolute Gasteiger partial charge is 0.355 e. The Balaban J connectivity index is 0.977. The summed E-state index contributed by atoms with van der Waals surface area (Å²) in [6.45, 7) is -0.112. The van der Waals surface area contributed by atoms with Crippen molar-refractivity contribution in [2.24, 2.45) is 5.16 Å². The number of nitrogens with zero attached hydrogens (tertiary/aromatic N) is 3. The normalized spacial score (nSPS) is 17.1. The van der Waals surface area contributed by atoms with E-state index in [1.54, 1.807) is 48.9 Å². The average Bonchev–Trinajstić information content (AvgIpc) is 3.83. The molecule has 1 fully saturated rings. The summed E-state index contributed by atoms with van der Waals surface area (Å²) in [6, 6.07) is 44.5. The van der Waals surface area contributed by atoms with Crippen molar-refractivity contribution >= 4 is 84.3 Å². The number of amides is 2. The van der Waals surface area contributed by atoms with E-state index >= 15 is 0 Å². The van der Waals surface area contributed by atoms with Crippen molar-refractivity contribution in [2.45, 2.75) is 27.8 Å². The number of esters is 1. The monoisotopic (exact) mass is 967 g/mol. The molecule has 4 heterocycles. The molecule has 0 bridgehead atoms. The first-order valence-corrected chi connectivity index (χ1v) is 25.0. The standard InChI is InChI=1S/C50H41N5O8S4/c1-61-36-24-22-31(23-25-36)27-63-48(59)44-32(28-64-41-26-39(56)37-20-12-13-21-40(37)66-41)30-67(60)47-43(46(58)55(44)47)52-45(57)42(54-62-2)38-29-65-49(51-38)53-50(33-14-6-3-7-15-33,34-16-8-4-9-17-34)35-18-10-5-11-19-35/h3-26,29,43,47H,27-28,30H2,1-2H3,(H,51,53)(H,52,57)/b54-42-/t43?,47-,67?/m0/s1. The lowest BCUT2D eigenvalue weighted by atomic mass is 9.77. The number of fused-ring (bicyclic) bond motifs is 2. The molecule has 2 aliphatic heterocycles. The van der Waals surface area contributed by atoms with Crippen molar-refractivity contribution in [2.75, 3.05) is 31.0 Å². The Kier molecular flexibility index (Phi) is 13.5. The zero-order valence-corrected chi connectivity index (χ0v) is 39.2. The molecule has 338 valence electrons. The minimum absolute atomic E-state index is 0.0472. The summed E-state index contributed by atoms with van der Waals surface area (Å²) >= 11 is 2.21. The van der Waals surface area contributed by atoms with Gasteiger partial charge in [-0.15, -0.1) is 34.4 Å². The SMILES string of the molecule is CO/N=C(\C(=O)NC1C(=O)N2C(C(=O)OCc3ccc(OC)cc3)=C(CSc3cc(=O)c4ccccc4s3)C[S+]([O-])[C@@H]12)c1csc(NC(c2ccccc2)(c2ccccc2)c2ccccc2)n1. The number of carbonyl (C=O) groups is 3. The topological polar surface area (TPSA) is 172 Å². The maximum absolute atomic E-state index is 14.2. The van der Waals surface area contributed by atoms with Gasteiger partial charge in [0.05, 0.1) is 11.3 Å². The van der Waals surface area contributed by atoms with E-state index in [4.69, 9.17) is 19.3 Å². The molecule has 13 nitrogen and oxygen atoms in total. The number of rotatable bonds is 16. The summed E-state index contributed by atoms with van der Waals surface area (Å²) in [5, 5.41) is 12.1. The maximum atomic E-state index is 14.2. The van der Waals surface area contributed by atoms with E-state index < -0.39 is 45.9 Å². The number of thioether (sulfide) groups is 1. The van der Waals surface area contributed by atoms with Gasteiger partial charge >= 0.3 is 5.97 Å². The van der Waals surface area contributed by atoms with Crippen LogP contribution >= 0.6 is 34.4 Å². The van der Waals surface area contributed by atoms with E-state index in [0.29, 0.717) is 31.6 Å². The number of ether oxygens (including phenoxy) is 2. The third-order valence-electron chi connectivity index (χ3n) is 11.3. The molecular weight excluding hydrogens is 927 g/mol. The molecular formula is C50H41N5O8S4. The minimum Gasteiger partial charge on any atom is -0.614 e. The van der Waals surface area contributed by atoms with Crippen LogP contribution in [0.1, 0.15) is 27.9 Å². The van der Waals surface area contributed by atoms with Crippen LogP contribution in [0.4, 0.5) is 5.13 Å². The molecule has 0 spiro atoms. The molecule has 5 aromatic carbocycles. The highest BCUT2D eigenvalue weighted by Crippen LogP contribution is 2.42. The van der Waals surface area contributed by atoms with E-state index in [2.05, 4.69) is 15.8 Å². The molecule has 7 aromatic rings. The fourth-order valence-corrected chi connectivity index (χ4v) is 12.9. The predicted molar refractivity (Wildman–Crippen MR) is 263 cm³/mol. The van der Waals surface area contributed by atoms with Crippen LogP contribution in [-0.2, 0) is 47.3 Å². The Labute approximate surface area is 400 Å². The lowest BCUT2D eigenvalue weighted by Crippen LogP contribution is -2.75. The number of hydrogen-bond acceptors (Lipinski definition) is 14. The lowest BCUT2D eigenvalue weighted by Gasteiger charge is -2.49. The van der Waals surface area contributed by atoms with Crippen molar-refractivity contribution in [3.63, 3.8) is 0 Å². The quantitative estimate of drug-likeness (QED) is 0.0185. The van der Waals surface area contributed by atoms with Crippen LogP contribution in [0, 0.1) is 0 Å². The van der Waals surface area contributed by atoms with Crippen LogP contribution in [0.3, 0.4) is 0 Å². The lowest BCUT2D eigenvalue weighted by molar-refractivity contribution is -0.153. The largest absolute Gasteiger partial charge is 0.614 e. The number of benzene rings is 5. The van der Waals surface area contributed by atoms with E-state index in [1.807, 2.05) is 103 Å². The van der Waals surface area contributed by atoms with Gasteiger partial charge in [-0.3, -0.25) is 19.3 Å². The van der Waals surface area contributed by atoms with Crippen LogP contribution in [0.15, 0.2) is 176 Å². The van der Waals surface area contributed by atoms with E-state index in [1.165, 1.54) is 47.6 Å². The van der Waals surface area contributed by atoms with Crippen LogP contribution in [0.2, 0.25) is 0 Å². The molecule has 1 saturated heterocycles. The first-order chi connectivity index (χ1) is 32.7. The highest BCUT2D eigenvalue weighted by molar-refractivity contribution is 8.01. The summed E-state index contributed by atoms with van der Waals surface area (Å²) in [5.74, 6) is -1.56. The number of anilines is 1. The van der Waals surface area contributed by atoms with Crippen molar-refractivity contribution < 1.29 is 33.2 Å². The Hall–Kier alpha value is -6.76. The van der Waals surface area contributed by atoms with Gasteiger partial charge in [0.2, 0.25) is 5.37 Å². The molecule has 2 N–H and O–H groups in total. The van der Waals surface area contributed by atoms with Crippen molar-refractivity contribution in [3.8, 4) is 5.75 Å². The Bertz CT molecular complexity index is 2960. The molecule has 2 aromatic heterocycles. The fourth-order valence-electron chi connectivity index (χ4n) is 8.09. The zero-order chi connectivity index (χ0) is 46.5. The number of nitrogens with one attached hydrogen (secondary N) is 2. The number of aromatic nitrogens is 1. The molecule has 0 radical (unpaired) electrons. The van der Waals surface area contributed by atoms with Gasteiger partial charge < -0.3 is 29.5 Å². The van der Waals surface area contributed by atoms with Gasteiger partial charge in [0, 0.05) is 32.9 Å². The average molecular weight is 968 g/mol. The van der Waals surface area contributed by atoms with Gasteiger partial charge in [0.1, 0.15) is 42.1 Å². The second kappa shape index (κ2) is 20.0. The Morgan fingerprint density at radius 2 is 1.51 bits per heavy atom. The van der Waals surface area contributed by atoms with Crippen LogP contribution in [0.25, 0.3) is 10.1 Å². The second-order valence-corrected chi connectivity index (χ2v) is 20.0. The number of carbonyl (C=O) groups excluding carboxylic acids is 3. The number of hydrogen-bond donors (Lipinski definition) is 2. The Morgan fingerprint density at radius 1 is 0.881 bits per heavy atom. The molecule has 2 amide bonds. The second-order valence-electron chi connectivity index (χ2n) is 15.3.